The number of rotatable bonds is 6. The number of halogens is 2. The van der Waals surface area contributed by atoms with Gasteiger partial charge in [-0.05, 0) is 25.5 Å². The van der Waals surface area contributed by atoms with E-state index in [-0.39, 0.29) is 22.7 Å². The first-order chi connectivity index (χ1) is 14.0. The number of hydrogen-bond donors (Lipinski definition) is 3. The van der Waals surface area contributed by atoms with Crippen LogP contribution in [-0.2, 0) is 6.42 Å². The van der Waals surface area contributed by atoms with E-state index >= 15 is 0 Å². The van der Waals surface area contributed by atoms with E-state index in [1.54, 1.807) is 25.1 Å². The first kappa shape index (κ1) is 18.6. The van der Waals surface area contributed by atoms with Crippen LogP contribution >= 0.6 is 0 Å². The Labute approximate surface area is 164 Å². The van der Waals surface area contributed by atoms with Crippen molar-refractivity contribution in [2.24, 2.45) is 0 Å². The molecule has 0 atom stereocenters. The van der Waals surface area contributed by atoms with Crippen molar-refractivity contribution in [3.05, 3.63) is 59.6 Å². The zero-order valence-corrected chi connectivity index (χ0v) is 15.8. The second-order valence-electron chi connectivity index (χ2n) is 6.43. The highest BCUT2D eigenvalue weighted by Gasteiger charge is 2.17. The number of anilines is 2. The van der Waals surface area contributed by atoms with E-state index in [2.05, 4.69) is 37.0 Å². The summed E-state index contributed by atoms with van der Waals surface area (Å²) >= 11 is 0. The number of aromatic amines is 2. The molecule has 9 heteroatoms. The zero-order valence-electron chi connectivity index (χ0n) is 15.8. The van der Waals surface area contributed by atoms with Gasteiger partial charge in [-0.15, -0.1) is 0 Å². The molecule has 3 heterocycles. The second kappa shape index (κ2) is 7.34. The summed E-state index contributed by atoms with van der Waals surface area (Å²) in [6, 6.07) is 5.87. The van der Waals surface area contributed by atoms with E-state index in [4.69, 9.17) is 4.74 Å². The van der Waals surface area contributed by atoms with Gasteiger partial charge in [-0.25, -0.2) is 8.78 Å². The van der Waals surface area contributed by atoms with Crippen molar-refractivity contribution in [2.75, 3.05) is 5.32 Å². The highest BCUT2D eigenvalue weighted by Crippen LogP contribution is 2.32. The van der Waals surface area contributed by atoms with E-state index in [0.717, 1.165) is 11.8 Å². The van der Waals surface area contributed by atoms with Gasteiger partial charge >= 0.3 is 6.01 Å². The maximum absolute atomic E-state index is 14.8. The molecule has 4 aromatic rings. The van der Waals surface area contributed by atoms with Gasteiger partial charge in [0.25, 0.3) is 0 Å². The van der Waals surface area contributed by atoms with Gasteiger partial charge in [0.15, 0.2) is 23.2 Å². The zero-order chi connectivity index (χ0) is 20.5. The van der Waals surface area contributed by atoms with E-state index in [0.29, 0.717) is 29.4 Å². The van der Waals surface area contributed by atoms with E-state index < -0.39 is 11.6 Å². The predicted octanol–water partition coefficient (Wildman–Crippen LogP) is 5.01. The molecule has 0 aliphatic heterocycles. The molecule has 3 N–H and O–H groups in total. The number of hydrogen-bond acceptors (Lipinski definition) is 5. The Bertz CT molecular complexity index is 1210. The molecule has 29 heavy (non-hydrogen) atoms. The summed E-state index contributed by atoms with van der Waals surface area (Å²) in [5, 5.41) is 10.0. The maximum Gasteiger partial charge on any atom is 0.324 e. The molecule has 0 saturated heterocycles. The van der Waals surface area contributed by atoms with E-state index in [9.17, 15) is 8.78 Å². The van der Waals surface area contributed by atoms with Gasteiger partial charge in [0.2, 0.25) is 0 Å². The first-order valence-corrected chi connectivity index (χ1v) is 8.94. The van der Waals surface area contributed by atoms with Crippen molar-refractivity contribution in [3.63, 3.8) is 0 Å². The van der Waals surface area contributed by atoms with Crippen LogP contribution in [0.2, 0.25) is 0 Å². The minimum Gasteiger partial charge on any atom is -0.421 e. The van der Waals surface area contributed by atoms with Crippen LogP contribution in [0.15, 0.2) is 30.8 Å². The molecule has 148 valence electrons. The van der Waals surface area contributed by atoms with Crippen molar-refractivity contribution in [2.45, 2.75) is 20.3 Å². The number of fused-ring (bicyclic) bond motifs is 1. The second-order valence-corrected chi connectivity index (χ2v) is 6.43. The monoisotopic (exact) mass is 396 g/mol. The van der Waals surface area contributed by atoms with E-state index in [1.165, 1.54) is 6.07 Å². The summed E-state index contributed by atoms with van der Waals surface area (Å²) in [4.78, 5) is 11.3. The predicted molar refractivity (Wildman–Crippen MR) is 106 cm³/mol. The summed E-state index contributed by atoms with van der Waals surface area (Å²) in [6.07, 6.45) is 2.22. The average Bonchev–Trinajstić information content (AvgIpc) is 3.32. The summed E-state index contributed by atoms with van der Waals surface area (Å²) in [7, 11) is 0. The molecule has 0 amide bonds. The van der Waals surface area contributed by atoms with Crippen LogP contribution < -0.4 is 10.1 Å². The van der Waals surface area contributed by atoms with Crippen LogP contribution in [0, 0.1) is 18.6 Å². The van der Waals surface area contributed by atoms with Crippen LogP contribution in [0.3, 0.4) is 0 Å². The lowest BCUT2D eigenvalue weighted by Crippen LogP contribution is -2.02. The third-order valence-corrected chi connectivity index (χ3v) is 4.30. The fourth-order valence-corrected chi connectivity index (χ4v) is 2.91. The number of aromatic nitrogens is 5. The van der Waals surface area contributed by atoms with Crippen molar-refractivity contribution in [3.8, 4) is 11.8 Å². The first-order valence-electron chi connectivity index (χ1n) is 8.94. The van der Waals surface area contributed by atoms with Gasteiger partial charge in [0.05, 0.1) is 11.2 Å². The topological polar surface area (TPSA) is 91.5 Å². The van der Waals surface area contributed by atoms with Crippen molar-refractivity contribution < 1.29 is 13.5 Å². The molecule has 7 nitrogen and oxygen atoms in total. The van der Waals surface area contributed by atoms with Gasteiger partial charge < -0.3 is 15.0 Å². The summed E-state index contributed by atoms with van der Waals surface area (Å²) in [6.45, 7) is 7.30. The number of nitrogens with zero attached hydrogens (tertiary/aromatic N) is 3. The summed E-state index contributed by atoms with van der Waals surface area (Å²) in [5.41, 5.74) is 2.14. The number of benzene rings is 1. The SMILES string of the molecule is C=Cc1cc(Nc2cc(CC)nc(Oc3cc(F)c4[nH]c(C)cc4c3F)n2)n[nH]1. The smallest absolute Gasteiger partial charge is 0.324 e. The molecule has 1 aromatic carbocycles. The normalized spacial score (nSPS) is 11.0. The molecular weight excluding hydrogens is 378 g/mol. The van der Waals surface area contributed by atoms with Crippen LogP contribution in [0.25, 0.3) is 17.0 Å². The number of nitrogens with one attached hydrogen (secondary N) is 3. The molecule has 0 bridgehead atoms. The molecule has 0 unspecified atom stereocenters. The minimum atomic E-state index is -0.686. The van der Waals surface area contributed by atoms with Crippen LogP contribution in [0.4, 0.5) is 20.4 Å². The van der Waals surface area contributed by atoms with Crippen molar-refractivity contribution in [1.29, 1.82) is 0 Å². The number of ether oxygens (including phenoxy) is 1. The van der Waals surface area contributed by atoms with Gasteiger partial charge in [-0.2, -0.15) is 15.1 Å². The quantitative estimate of drug-likeness (QED) is 0.426. The Kier molecular flexibility index (Phi) is 4.71. The van der Waals surface area contributed by atoms with Gasteiger partial charge in [0.1, 0.15) is 5.82 Å². The van der Waals surface area contributed by atoms with Crippen LogP contribution in [0.5, 0.6) is 11.8 Å². The molecule has 0 aliphatic rings. The largest absolute Gasteiger partial charge is 0.421 e. The molecule has 4 rings (SSSR count). The summed E-state index contributed by atoms with van der Waals surface area (Å²) in [5.74, 6) is -0.667. The minimum absolute atomic E-state index is 0.0921. The third-order valence-electron chi connectivity index (χ3n) is 4.30. The highest BCUT2D eigenvalue weighted by molar-refractivity contribution is 5.83. The van der Waals surface area contributed by atoms with Gasteiger partial charge in [0, 0.05) is 35.0 Å². The Hall–Kier alpha value is -3.75. The molecule has 0 saturated carbocycles. The third kappa shape index (κ3) is 3.66. The lowest BCUT2D eigenvalue weighted by Gasteiger charge is -2.10. The molecule has 3 aromatic heterocycles. The summed E-state index contributed by atoms with van der Waals surface area (Å²) < 4.78 is 34.7. The highest BCUT2D eigenvalue weighted by atomic mass is 19.1. The Balaban J connectivity index is 1.69. The molecule has 0 spiro atoms. The fourth-order valence-electron chi connectivity index (χ4n) is 2.91. The average molecular weight is 396 g/mol. The maximum atomic E-state index is 14.8. The standard InChI is InChI=1S/C20H18F2N6O/c1-4-11-7-16(25-17-8-12(5-2)27-28-17)26-20(24-11)29-15-9-14(21)19-13(18(15)22)6-10(3)23-19/h5-9,23H,2,4H2,1,3H3,(H2,24,25,26,27,28). The molecular formula is C20H18F2N6O. The van der Waals surface area contributed by atoms with Gasteiger partial charge in [-0.3, -0.25) is 5.10 Å². The van der Waals surface area contributed by atoms with Crippen LogP contribution in [0.1, 0.15) is 24.0 Å². The molecule has 0 fully saturated rings. The number of H-pyrrole nitrogens is 2. The molecule has 0 radical (unpaired) electrons. The lowest BCUT2D eigenvalue weighted by molar-refractivity contribution is 0.409. The fraction of sp³-hybridized carbons (Fsp3) is 0.150. The Morgan fingerprint density at radius 3 is 2.72 bits per heavy atom. The Morgan fingerprint density at radius 1 is 1.17 bits per heavy atom. The molecule has 0 aliphatic carbocycles. The van der Waals surface area contributed by atoms with E-state index in [1.807, 2.05) is 6.92 Å². The van der Waals surface area contributed by atoms with Crippen LogP contribution in [-0.4, -0.2) is 25.1 Å². The lowest BCUT2D eigenvalue weighted by atomic mass is 10.2. The number of aryl methyl sites for hydroxylation is 2. The Morgan fingerprint density at radius 2 is 2.00 bits per heavy atom. The van der Waals surface area contributed by atoms with Crippen molar-refractivity contribution in [1.82, 2.24) is 25.1 Å². The van der Waals surface area contributed by atoms with Crippen molar-refractivity contribution >= 4 is 28.6 Å². The van der Waals surface area contributed by atoms with Gasteiger partial charge in [-0.1, -0.05) is 13.5 Å².